The van der Waals surface area contributed by atoms with Gasteiger partial charge >= 0.3 is 12.2 Å². The van der Waals surface area contributed by atoms with Crippen molar-refractivity contribution in [2.45, 2.75) is 38.0 Å². The number of rotatable bonds is 5. The van der Waals surface area contributed by atoms with Gasteiger partial charge in [0.2, 0.25) is 5.91 Å². The molecule has 1 fully saturated rings. The summed E-state index contributed by atoms with van der Waals surface area (Å²) < 4.78 is 40.9. The van der Waals surface area contributed by atoms with E-state index in [9.17, 15) is 22.8 Å². The molecule has 134 valence electrons. The summed E-state index contributed by atoms with van der Waals surface area (Å²) in [5, 5.41) is 8.22. The van der Waals surface area contributed by atoms with Gasteiger partial charge in [0.25, 0.3) is 0 Å². The summed E-state index contributed by atoms with van der Waals surface area (Å²) in [4.78, 5) is 24.8. The molecule has 1 unspecified atom stereocenters. The average molecular weight is 347 g/mol. The van der Waals surface area contributed by atoms with Crippen LogP contribution in [0.5, 0.6) is 0 Å². The Labute approximate surface area is 137 Å². The third kappa shape index (κ3) is 3.98. The zero-order valence-electron chi connectivity index (χ0n) is 13.6. The van der Waals surface area contributed by atoms with E-state index < -0.39 is 23.7 Å². The van der Waals surface area contributed by atoms with Crippen molar-refractivity contribution in [2.24, 2.45) is 5.92 Å². The first-order chi connectivity index (χ1) is 11.0. The quantitative estimate of drug-likeness (QED) is 0.853. The number of carbonyl (C=O) groups excluding carboxylic acids is 2. The van der Waals surface area contributed by atoms with Crippen LogP contribution in [0.2, 0.25) is 0 Å². The van der Waals surface area contributed by atoms with Crippen LogP contribution in [0.4, 0.5) is 23.8 Å². The Morgan fingerprint density at radius 1 is 1.38 bits per heavy atom. The highest BCUT2D eigenvalue weighted by Gasteiger charge is 2.60. The number of amides is 3. The van der Waals surface area contributed by atoms with Crippen molar-refractivity contribution < 1.29 is 22.8 Å². The van der Waals surface area contributed by atoms with E-state index in [0.29, 0.717) is 12.8 Å². The average Bonchev–Trinajstić information content (AvgIpc) is 3.21. The van der Waals surface area contributed by atoms with Crippen molar-refractivity contribution in [3.63, 3.8) is 0 Å². The highest BCUT2D eigenvalue weighted by atomic mass is 19.4. The fourth-order valence-electron chi connectivity index (χ4n) is 2.24. The van der Waals surface area contributed by atoms with Crippen LogP contribution < -0.4 is 10.6 Å². The Kier molecular flexibility index (Phi) is 4.77. The predicted octanol–water partition coefficient (Wildman–Crippen LogP) is 1.82. The maximum atomic E-state index is 13.2. The Morgan fingerprint density at radius 2 is 2.00 bits per heavy atom. The maximum Gasteiger partial charge on any atom is 0.411 e. The van der Waals surface area contributed by atoms with E-state index in [1.807, 2.05) is 5.32 Å². The molecular weight excluding hydrogens is 327 g/mol. The maximum absolute atomic E-state index is 13.2. The number of hydrogen-bond acceptors (Lipinski definition) is 3. The van der Waals surface area contributed by atoms with Crippen LogP contribution >= 0.6 is 0 Å². The van der Waals surface area contributed by atoms with Crippen LogP contribution in [0.1, 0.15) is 19.8 Å². The number of carbonyl (C=O) groups is 2. The molecule has 0 aromatic carbocycles. The van der Waals surface area contributed by atoms with E-state index in [-0.39, 0.29) is 18.3 Å². The van der Waals surface area contributed by atoms with E-state index >= 15 is 0 Å². The van der Waals surface area contributed by atoms with E-state index in [0.717, 1.165) is 6.92 Å². The molecule has 2 N–H and O–H groups in total. The molecule has 1 atom stereocenters. The molecular formula is C14H20F3N5O2. The highest BCUT2D eigenvalue weighted by molar-refractivity contribution is 5.88. The summed E-state index contributed by atoms with van der Waals surface area (Å²) in [6.45, 7) is 0.956. The molecule has 1 saturated carbocycles. The van der Waals surface area contributed by atoms with Crippen LogP contribution in [0.25, 0.3) is 0 Å². The topological polar surface area (TPSA) is 79.3 Å². The van der Waals surface area contributed by atoms with E-state index in [1.54, 1.807) is 14.1 Å². The number of likely N-dealkylation sites (N-methyl/N-ethyl adjacent to an activating group) is 1. The van der Waals surface area contributed by atoms with Gasteiger partial charge in [-0.15, -0.1) is 0 Å². The first-order valence-electron chi connectivity index (χ1n) is 7.42. The van der Waals surface area contributed by atoms with Crippen LogP contribution in [0.15, 0.2) is 12.3 Å². The molecule has 1 aromatic rings. The van der Waals surface area contributed by atoms with Gasteiger partial charge in [-0.05, 0) is 25.7 Å². The molecule has 10 heteroatoms. The van der Waals surface area contributed by atoms with E-state index in [4.69, 9.17) is 0 Å². The van der Waals surface area contributed by atoms with Gasteiger partial charge in [-0.25, -0.2) is 4.79 Å². The second-order valence-electron chi connectivity index (χ2n) is 6.24. The largest absolute Gasteiger partial charge is 0.411 e. The summed E-state index contributed by atoms with van der Waals surface area (Å²) in [5.41, 5.74) is -2.26. The SMILES string of the molecule is CN(C)C(=O)Cn1ccc(NC(=O)NC(C)(C2CC2)C(F)(F)F)n1. The Bertz CT molecular complexity index is 624. The number of urea groups is 1. The summed E-state index contributed by atoms with van der Waals surface area (Å²) in [6.07, 6.45) is -2.22. The van der Waals surface area contributed by atoms with Gasteiger partial charge < -0.3 is 10.2 Å². The number of anilines is 1. The minimum Gasteiger partial charge on any atom is -0.347 e. The zero-order valence-corrected chi connectivity index (χ0v) is 13.6. The number of halogens is 3. The summed E-state index contributed by atoms with van der Waals surface area (Å²) >= 11 is 0. The monoisotopic (exact) mass is 347 g/mol. The summed E-state index contributed by atoms with van der Waals surface area (Å²) in [7, 11) is 3.18. The lowest BCUT2D eigenvalue weighted by Gasteiger charge is -2.33. The number of nitrogens with one attached hydrogen (secondary N) is 2. The predicted molar refractivity (Wildman–Crippen MR) is 80.3 cm³/mol. The summed E-state index contributed by atoms with van der Waals surface area (Å²) in [6, 6.07) is 0.427. The van der Waals surface area contributed by atoms with Gasteiger partial charge in [0.05, 0.1) is 0 Å². The van der Waals surface area contributed by atoms with Gasteiger partial charge in [0.15, 0.2) is 5.82 Å². The Morgan fingerprint density at radius 3 is 2.50 bits per heavy atom. The van der Waals surface area contributed by atoms with Crippen molar-refractivity contribution in [1.29, 1.82) is 0 Å². The van der Waals surface area contributed by atoms with Gasteiger partial charge in [-0.3, -0.25) is 14.8 Å². The van der Waals surface area contributed by atoms with Crippen LogP contribution in [0.3, 0.4) is 0 Å². The fraction of sp³-hybridized carbons (Fsp3) is 0.643. The van der Waals surface area contributed by atoms with Crippen molar-refractivity contribution in [3.05, 3.63) is 12.3 Å². The second-order valence-corrected chi connectivity index (χ2v) is 6.24. The van der Waals surface area contributed by atoms with Gasteiger partial charge in [-0.2, -0.15) is 18.3 Å². The third-order valence-corrected chi connectivity index (χ3v) is 4.03. The molecule has 1 heterocycles. The Hall–Kier alpha value is -2.26. The number of aromatic nitrogens is 2. The van der Waals surface area contributed by atoms with Crippen molar-refractivity contribution in [2.75, 3.05) is 19.4 Å². The zero-order chi connectivity index (χ0) is 18.1. The lowest BCUT2D eigenvalue weighted by Crippen LogP contribution is -2.59. The lowest BCUT2D eigenvalue weighted by molar-refractivity contribution is -0.193. The molecule has 1 aliphatic rings. The molecule has 0 saturated heterocycles. The van der Waals surface area contributed by atoms with E-state index in [1.165, 1.54) is 21.8 Å². The molecule has 24 heavy (non-hydrogen) atoms. The molecule has 3 amide bonds. The Balaban J connectivity index is 1.97. The van der Waals surface area contributed by atoms with Gasteiger partial charge in [0, 0.05) is 26.4 Å². The second kappa shape index (κ2) is 6.33. The third-order valence-electron chi connectivity index (χ3n) is 4.03. The van der Waals surface area contributed by atoms with Crippen molar-refractivity contribution >= 4 is 17.8 Å². The minimum atomic E-state index is -4.54. The highest BCUT2D eigenvalue weighted by Crippen LogP contribution is 2.47. The summed E-state index contributed by atoms with van der Waals surface area (Å²) in [5.74, 6) is -0.745. The van der Waals surface area contributed by atoms with Gasteiger partial charge in [-0.1, -0.05) is 0 Å². The molecule has 0 aliphatic heterocycles. The molecule has 0 bridgehead atoms. The smallest absolute Gasteiger partial charge is 0.347 e. The lowest BCUT2D eigenvalue weighted by atomic mass is 9.95. The fourth-order valence-corrected chi connectivity index (χ4v) is 2.24. The number of hydrogen-bond donors (Lipinski definition) is 2. The molecule has 2 rings (SSSR count). The normalized spacial score (nSPS) is 17.1. The number of nitrogens with zero attached hydrogens (tertiary/aromatic N) is 3. The van der Waals surface area contributed by atoms with E-state index in [2.05, 4.69) is 10.4 Å². The molecule has 0 spiro atoms. The minimum absolute atomic E-state index is 0.0291. The van der Waals surface area contributed by atoms with Crippen LogP contribution in [0, 0.1) is 5.92 Å². The van der Waals surface area contributed by atoms with Crippen molar-refractivity contribution in [1.82, 2.24) is 20.0 Å². The number of alkyl halides is 3. The molecule has 1 aliphatic carbocycles. The first kappa shape index (κ1) is 18.1. The standard InChI is InChI=1S/C14H20F3N5O2/c1-13(9-4-5-9,14(15,16)17)19-12(24)18-10-6-7-22(20-10)8-11(23)21(2)3/h6-7,9H,4-5,8H2,1-3H3,(H2,18,19,20,24). The van der Waals surface area contributed by atoms with Crippen molar-refractivity contribution in [3.8, 4) is 0 Å². The van der Waals surface area contributed by atoms with Crippen LogP contribution in [-0.4, -0.2) is 52.4 Å². The first-order valence-corrected chi connectivity index (χ1v) is 7.42. The molecule has 7 nitrogen and oxygen atoms in total. The molecule has 1 aromatic heterocycles. The van der Waals surface area contributed by atoms with Crippen LogP contribution in [-0.2, 0) is 11.3 Å². The van der Waals surface area contributed by atoms with Gasteiger partial charge in [0.1, 0.15) is 12.1 Å². The molecule has 0 radical (unpaired) electrons.